The standard InChI is InChI=1S/C33H36N4O3/c1-24-21-36(22-25-10-5-3-6-11-25)32(39)37(31(24)38)17-9-12-26-18-29(35-20-26)27-13-14-28(30(19-27)40-2)33(23-34)15-7-4-8-16-33/h3,5-6,10-11,13-14,18-21,35H,4,7-9,12,15-17,22H2,1-2H3. The molecule has 40 heavy (non-hydrogen) atoms. The Kier molecular flexibility index (Phi) is 8.06. The van der Waals surface area contributed by atoms with Gasteiger partial charge >= 0.3 is 5.69 Å². The summed E-state index contributed by atoms with van der Waals surface area (Å²) in [4.78, 5) is 29.3. The third-order valence-electron chi connectivity index (χ3n) is 8.14. The maximum absolute atomic E-state index is 13.1. The maximum Gasteiger partial charge on any atom is 0.331 e. The Hall–Kier alpha value is -4.31. The van der Waals surface area contributed by atoms with Crippen molar-refractivity contribution in [3.8, 4) is 23.1 Å². The summed E-state index contributed by atoms with van der Waals surface area (Å²) >= 11 is 0. The molecule has 206 valence electrons. The number of hydrogen-bond donors (Lipinski definition) is 1. The van der Waals surface area contributed by atoms with Crippen LogP contribution in [0, 0.1) is 18.3 Å². The van der Waals surface area contributed by atoms with Gasteiger partial charge in [0.2, 0.25) is 0 Å². The number of H-pyrrole nitrogens is 1. The van der Waals surface area contributed by atoms with E-state index in [0.717, 1.165) is 65.8 Å². The molecule has 0 aliphatic heterocycles. The molecule has 7 nitrogen and oxygen atoms in total. The van der Waals surface area contributed by atoms with E-state index in [1.54, 1.807) is 24.8 Å². The SMILES string of the molecule is COc1cc(-c2cc(CCCn3c(=O)c(C)cn(Cc4ccccc4)c3=O)c[nH]2)ccc1C1(C#N)CCCCC1. The van der Waals surface area contributed by atoms with Crippen LogP contribution in [-0.2, 0) is 24.9 Å². The molecule has 0 atom stereocenters. The fourth-order valence-corrected chi connectivity index (χ4v) is 5.93. The maximum atomic E-state index is 13.1. The minimum atomic E-state index is -0.476. The molecule has 7 heteroatoms. The fraction of sp³-hybridized carbons (Fsp3) is 0.364. The van der Waals surface area contributed by atoms with E-state index in [1.165, 1.54) is 11.0 Å². The molecule has 0 saturated heterocycles. The summed E-state index contributed by atoms with van der Waals surface area (Å²) in [5.41, 5.74) is 4.62. The molecule has 0 amide bonds. The van der Waals surface area contributed by atoms with Crippen LogP contribution in [0.5, 0.6) is 5.75 Å². The number of hydrogen-bond acceptors (Lipinski definition) is 4. The van der Waals surface area contributed by atoms with Crippen LogP contribution in [0.3, 0.4) is 0 Å². The number of rotatable bonds is 9. The second-order valence-electron chi connectivity index (χ2n) is 10.9. The van der Waals surface area contributed by atoms with E-state index in [4.69, 9.17) is 4.74 Å². The molecular weight excluding hydrogens is 500 g/mol. The highest BCUT2D eigenvalue weighted by atomic mass is 16.5. The fourth-order valence-electron chi connectivity index (χ4n) is 5.93. The predicted octanol–water partition coefficient (Wildman–Crippen LogP) is 5.73. The predicted molar refractivity (Wildman–Crippen MR) is 157 cm³/mol. The topological polar surface area (TPSA) is 92.8 Å². The minimum Gasteiger partial charge on any atom is -0.496 e. The molecule has 0 unspecified atom stereocenters. The molecule has 1 fully saturated rings. The molecule has 0 bridgehead atoms. The van der Waals surface area contributed by atoms with Gasteiger partial charge in [-0.25, -0.2) is 4.79 Å². The van der Waals surface area contributed by atoms with Crippen molar-refractivity contribution in [2.24, 2.45) is 0 Å². The number of nitrogens with zero attached hydrogens (tertiary/aromatic N) is 3. The Morgan fingerprint density at radius 3 is 2.52 bits per heavy atom. The van der Waals surface area contributed by atoms with E-state index in [2.05, 4.69) is 23.2 Å². The lowest BCUT2D eigenvalue weighted by molar-refractivity contribution is 0.342. The van der Waals surface area contributed by atoms with Crippen LogP contribution in [0.4, 0.5) is 0 Å². The third kappa shape index (κ3) is 5.53. The first kappa shape index (κ1) is 27.3. The first-order valence-corrected chi connectivity index (χ1v) is 14.1. The molecule has 4 aromatic rings. The van der Waals surface area contributed by atoms with Crippen molar-refractivity contribution >= 4 is 0 Å². The largest absolute Gasteiger partial charge is 0.496 e. The first-order chi connectivity index (χ1) is 19.4. The lowest BCUT2D eigenvalue weighted by atomic mass is 9.70. The zero-order valence-corrected chi connectivity index (χ0v) is 23.3. The van der Waals surface area contributed by atoms with Gasteiger partial charge in [0.05, 0.1) is 25.1 Å². The normalized spacial score (nSPS) is 14.5. The highest BCUT2D eigenvalue weighted by molar-refractivity contribution is 5.65. The average molecular weight is 537 g/mol. The van der Waals surface area contributed by atoms with Crippen molar-refractivity contribution in [3.63, 3.8) is 0 Å². The van der Waals surface area contributed by atoms with Gasteiger partial charge in [-0.05, 0) is 55.9 Å². The van der Waals surface area contributed by atoms with Gasteiger partial charge in [0.25, 0.3) is 5.56 Å². The molecule has 2 aromatic carbocycles. The van der Waals surface area contributed by atoms with Crippen molar-refractivity contribution in [3.05, 3.63) is 110 Å². The molecule has 2 heterocycles. The Labute approximate surface area is 234 Å². The van der Waals surface area contributed by atoms with Crippen molar-refractivity contribution in [2.75, 3.05) is 7.11 Å². The van der Waals surface area contributed by atoms with E-state index >= 15 is 0 Å². The molecule has 5 rings (SSSR count). The Morgan fingerprint density at radius 2 is 1.80 bits per heavy atom. The van der Waals surface area contributed by atoms with Crippen LogP contribution in [-0.4, -0.2) is 21.2 Å². The van der Waals surface area contributed by atoms with Crippen LogP contribution in [0.2, 0.25) is 0 Å². The Morgan fingerprint density at radius 1 is 1.02 bits per heavy atom. The van der Waals surface area contributed by atoms with Crippen molar-refractivity contribution in [1.29, 1.82) is 5.26 Å². The van der Waals surface area contributed by atoms with Gasteiger partial charge < -0.3 is 9.72 Å². The third-order valence-corrected chi connectivity index (χ3v) is 8.14. The van der Waals surface area contributed by atoms with E-state index < -0.39 is 5.41 Å². The number of benzene rings is 2. The summed E-state index contributed by atoms with van der Waals surface area (Å²) in [6, 6.07) is 20.6. The second-order valence-corrected chi connectivity index (χ2v) is 10.9. The van der Waals surface area contributed by atoms with Crippen LogP contribution >= 0.6 is 0 Å². The molecule has 1 aliphatic rings. The molecule has 1 aliphatic carbocycles. The number of nitrogens with one attached hydrogen (secondary N) is 1. The molecule has 0 spiro atoms. The average Bonchev–Trinajstić information content (AvgIpc) is 3.47. The summed E-state index contributed by atoms with van der Waals surface area (Å²) in [7, 11) is 1.66. The monoisotopic (exact) mass is 536 g/mol. The number of methoxy groups -OCH3 is 1. The second kappa shape index (κ2) is 11.8. The smallest absolute Gasteiger partial charge is 0.331 e. The van der Waals surface area contributed by atoms with Crippen LogP contribution < -0.4 is 16.0 Å². The van der Waals surface area contributed by atoms with Gasteiger partial charge in [-0.3, -0.25) is 13.9 Å². The zero-order chi connectivity index (χ0) is 28.1. The Balaban J connectivity index is 1.29. The van der Waals surface area contributed by atoms with Crippen LogP contribution in [0.15, 0.2) is 76.6 Å². The lowest BCUT2D eigenvalue weighted by Gasteiger charge is -2.32. The number of nitriles is 1. The van der Waals surface area contributed by atoms with Gasteiger partial charge in [-0.2, -0.15) is 5.26 Å². The van der Waals surface area contributed by atoms with E-state index in [1.807, 2.05) is 48.7 Å². The Bertz CT molecular complexity index is 1630. The highest BCUT2D eigenvalue weighted by Crippen LogP contribution is 2.44. The summed E-state index contributed by atoms with van der Waals surface area (Å²) in [5, 5.41) is 10.0. The van der Waals surface area contributed by atoms with E-state index in [-0.39, 0.29) is 11.2 Å². The molecule has 1 N–H and O–H groups in total. The zero-order valence-electron chi connectivity index (χ0n) is 23.3. The van der Waals surface area contributed by atoms with Crippen molar-refractivity contribution in [1.82, 2.24) is 14.1 Å². The number of aryl methyl sites for hydroxylation is 2. The van der Waals surface area contributed by atoms with Gasteiger partial charge in [0.15, 0.2) is 0 Å². The quantitative estimate of drug-likeness (QED) is 0.296. The molecular formula is C33H36N4O3. The number of aromatic amines is 1. The van der Waals surface area contributed by atoms with Crippen molar-refractivity contribution < 1.29 is 4.74 Å². The van der Waals surface area contributed by atoms with Crippen LogP contribution in [0.25, 0.3) is 11.3 Å². The summed E-state index contributed by atoms with van der Waals surface area (Å²) < 4.78 is 8.72. The minimum absolute atomic E-state index is 0.232. The summed E-state index contributed by atoms with van der Waals surface area (Å²) in [6.45, 7) is 2.54. The molecule has 0 radical (unpaired) electrons. The van der Waals surface area contributed by atoms with Crippen molar-refractivity contribution in [2.45, 2.75) is 70.4 Å². The first-order valence-electron chi connectivity index (χ1n) is 14.1. The van der Waals surface area contributed by atoms with Crippen LogP contribution in [0.1, 0.15) is 60.8 Å². The van der Waals surface area contributed by atoms with E-state index in [0.29, 0.717) is 25.1 Å². The molecule has 1 saturated carbocycles. The number of aromatic nitrogens is 3. The number of ether oxygens (including phenoxy) is 1. The van der Waals surface area contributed by atoms with Gasteiger partial charge in [0, 0.05) is 41.3 Å². The van der Waals surface area contributed by atoms with Gasteiger partial charge in [0.1, 0.15) is 5.75 Å². The molecule has 2 aromatic heterocycles. The lowest BCUT2D eigenvalue weighted by Crippen LogP contribution is -2.41. The van der Waals surface area contributed by atoms with Gasteiger partial charge in [-0.1, -0.05) is 61.7 Å². The summed E-state index contributed by atoms with van der Waals surface area (Å²) in [5.74, 6) is 0.753. The summed E-state index contributed by atoms with van der Waals surface area (Å²) in [6.07, 6.45) is 10.1. The highest BCUT2D eigenvalue weighted by Gasteiger charge is 2.36. The van der Waals surface area contributed by atoms with E-state index in [9.17, 15) is 14.9 Å². The van der Waals surface area contributed by atoms with Gasteiger partial charge in [-0.15, -0.1) is 0 Å².